The number of thioether (sulfide) groups is 1. The van der Waals surface area contributed by atoms with Gasteiger partial charge in [-0.25, -0.2) is 4.98 Å². The second-order valence-electron chi connectivity index (χ2n) is 7.14. The normalized spacial score (nSPS) is 14.6. The third-order valence-corrected chi connectivity index (χ3v) is 6.48. The number of carbonyl (C=O) groups is 2. The quantitative estimate of drug-likeness (QED) is 0.456. The van der Waals surface area contributed by atoms with Crippen molar-refractivity contribution < 1.29 is 9.59 Å². The number of pyridine rings is 1. The highest BCUT2D eigenvalue weighted by Gasteiger charge is 2.25. The molecule has 0 radical (unpaired) electrons. The maximum absolute atomic E-state index is 12.7. The maximum atomic E-state index is 12.7. The summed E-state index contributed by atoms with van der Waals surface area (Å²) in [5.74, 6) is -0.0193. The summed E-state index contributed by atoms with van der Waals surface area (Å²) >= 11 is 4.84. The van der Waals surface area contributed by atoms with E-state index in [1.807, 2.05) is 24.0 Å². The highest BCUT2D eigenvalue weighted by atomic mass is 79.9. The van der Waals surface area contributed by atoms with E-state index in [0.29, 0.717) is 17.1 Å². The summed E-state index contributed by atoms with van der Waals surface area (Å²) in [6.45, 7) is 4.14. The van der Waals surface area contributed by atoms with Crippen LogP contribution >= 0.6 is 27.7 Å². The van der Waals surface area contributed by atoms with E-state index in [1.165, 1.54) is 17.3 Å². The van der Waals surface area contributed by atoms with E-state index in [2.05, 4.69) is 38.4 Å². The number of halogens is 1. The number of benzene rings is 1. The van der Waals surface area contributed by atoms with Crippen molar-refractivity contribution in [2.24, 2.45) is 0 Å². The minimum Gasteiger partial charge on any atom is -0.352 e. The van der Waals surface area contributed by atoms with Gasteiger partial charge in [0.1, 0.15) is 5.03 Å². The second kappa shape index (κ2) is 10.8. The van der Waals surface area contributed by atoms with Crippen molar-refractivity contribution in [3.05, 3.63) is 58.2 Å². The first-order valence-corrected chi connectivity index (χ1v) is 11.6. The summed E-state index contributed by atoms with van der Waals surface area (Å²) in [5.41, 5.74) is 1.77. The van der Waals surface area contributed by atoms with Crippen molar-refractivity contribution in [1.29, 1.82) is 0 Å². The lowest BCUT2D eigenvalue weighted by Crippen LogP contribution is -2.34. The Morgan fingerprint density at radius 1 is 1.24 bits per heavy atom. The summed E-state index contributed by atoms with van der Waals surface area (Å²) in [5, 5.41) is 3.33. The van der Waals surface area contributed by atoms with Gasteiger partial charge in [0.2, 0.25) is 5.91 Å². The van der Waals surface area contributed by atoms with Gasteiger partial charge in [-0.3, -0.25) is 9.59 Å². The first-order valence-electron chi connectivity index (χ1n) is 9.97. The minimum atomic E-state index is -0.258. The fraction of sp³-hybridized carbons (Fsp3) is 0.409. The molecule has 0 spiro atoms. The van der Waals surface area contributed by atoms with Gasteiger partial charge in [0.25, 0.3) is 5.91 Å². The monoisotopic (exact) mass is 475 g/mol. The van der Waals surface area contributed by atoms with Gasteiger partial charge in [-0.2, -0.15) is 0 Å². The molecule has 2 aromatic rings. The smallest absolute Gasteiger partial charge is 0.254 e. The Kier molecular flexibility index (Phi) is 8.12. The average Bonchev–Trinajstić information content (AvgIpc) is 3.26. The highest BCUT2D eigenvalue weighted by Crippen LogP contribution is 2.27. The number of aryl methyl sites for hydroxylation is 1. The first-order chi connectivity index (χ1) is 14.0. The zero-order valence-corrected chi connectivity index (χ0v) is 19.0. The second-order valence-corrected chi connectivity index (χ2v) is 9.38. The number of likely N-dealkylation sites (tertiary alicyclic amines) is 1. The van der Waals surface area contributed by atoms with Crippen LogP contribution in [0.5, 0.6) is 0 Å². The molecule has 5 nitrogen and oxygen atoms in total. The first kappa shape index (κ1) is 21.8. The fourth-order valence-electron chi connectivity index (χ4n) is 3.35. The molecule has 29 heavy (non-hydrogen) atoms. The molecule has 1 aliphatic heterocycles. The van der Waals surface area contributed by atoms with Gasteiger partial charge in [-0.05, 0) is 62.4 Å². The Morgan fingerprint density at radius 3 is 2.79 bits per heavy atom. The SMILES string of the molecule is CC(Sc1ncccc1C(=O)NCCCc1cccc(Br)c1)C(=O)N1CCCC1. The van der Waals surface area contributed by atoms with Crippen molar-refractivity contribution in [1.82, 2.24) is 15.2 Å². The van der Waals surface area contributed by atoms with Crippen molar-refractivity contribution in [3.63, 3.8) is 0 Å². The molecule has 1 fully saturated rings. The van der Waals surface area contributed by atoms with Crippen LogP contribution in [0.25, 0.3) is 0 Å². The lowest BCUT2D eigenvalue weighted by Gasteiger charge is -2.20. The van der Waals surface area contributed by atoms with Crippen LogP contribution in [0.2, 0.25) is 0 Å². The zero-order chi connectivity index (χ0) is 20.6. The van der Waals surface area contributed by atoms with Crippen LogP contribution in [0.15, 0.2) is 52.1 Å². The van der Waals surface area contributed by atoms with Crippen LogP contribution < -0.4 is 5.32 Å². The molecular weight excluding hydrogens is 450 g/mol. The predicted molar refractivity (Wildman–Crippen MR) is 120 cm³/mol. The summed E-state index contributed by atoms with van der Waals surface area (Å²) in [4.78, 5) is 31.5. The molecule has 1 aliphatic rings. The van der Waals surface area contributed by atoms with Gasteiger partial charge in [0.15, 0.2) is 0 Å². The summed E-state index contributed by atoms with van der Waals surface area (Å²) in [6.07, 6.45) is 5.56. The molecule has 1 aromatic carbocycles. The van der Waals surface area contributed by atoms with Gasteiger partial charge in [0, 0.05) is 30.3 Å². The maximum Gasteiger partial charge on any atom is 0.254 e. The largest absolute Gasteiger partial charge is 0.352 e. The van der Waals surface area contributed by atoms with E-state index in [0.717, 1.165) is 43.2 Å². The molecule has 0 saturated carbocycles. The van der Waals surface area contributed by atoms with Crippen molar-refractivity contribution >= 4 is 39.5 Å². The number of carbonyl (C=O) groups excluding carboxylic acids is 2. The Hall–Kier alpha value is -1.86. The zero-order valence-electron chi connectivity index (χ0n) is 16.6. The Bertz CT molecular complexity index is 855. The van der Waals surface area contributed by atoms with Gasteiger partial charge in [-0.1, -0.05) is 39.8 Å². The number of rotatable bonds is 8. The molecule has 0 bridgehead atoms. The van der Waals surface area contributed by atoms with Crippen molar-refractivity contribution in [3.8, 4) is 0 Å². The van der Waals surface area contributed by atoms with E-state index in [9.17, 15) is 9.59 Å². The van der Waals surface area contributed by atoms with Crippen LogP contribution in [0.1, 0.15) is 42.1 Å². The van der Waals surface area contributed by atoms with E-state index in [-0.39, 0.29) is 17.1 Å². The standard InChI is InChI=1S/C22H26BrN3O2S/c1-16(22(28)26-13-2-3-14-26)29-21-19(10-6-12-25-21)20(27)24-11-5-8-17-7-4-9-18(23)15-17/h4,6-7,9-10,12,15-16H,2-3,5,8,11,13-14H2,1H3,(H,24,27). The lowest BCUT2D eigenvalue weighted by molar-refractivity contribution is -0.129. The molecule has 1 atom stereocenters. The van der Waals surface area contributed by atoms with E-state index >= 15 is 0 Å². The number of nitrogens with zero attached hydrogens (tertiary/aromatic N) is 2. The highest BCUT2D eigenvalue weighted by molar-refractivity contribution is 9.10. The molecule has 1 saturated heterocycles. The van der Waals surface area contributed by atoms with Gasteiger partial charge in [0.05, 0.1) is 10.8 Å². The van der Waals surface area contributed by atoms with Crippen LogP contribution in [-0.4, -0.2) is 46.6 Å². The summed E-state index contributed by atoms with van der Waals surface area (Å²) < 4.78 is 1.06. The molecular formula is C22H26BrN3O2S. The predicted octanol–water partition coefficient (Wildman–Crippen LogP) is 4.31. The van der Waals surface area contributed by atoms with Crippen molar-refractivity contribution in [2.45, 2.75) is 42.9 Å². The number of aromatic nitrogens is 1. The van der Waals surface area contributed by atoms with E-state index in [4.69, 9.17) is 0 Å². The third kappa shape index (κ3) is 6.31. The van der Waals surface area contributed by atoms with Gasteiger partial charge in [-0.15, -0.1) is 0 Å². The fourth-order valence-corrected chi connectivity index (χ4v) is 4.79. The molecule has 1 N–H and O–H groups in total. The van der Waals surface area contributed by atoms with Crippen LogP contribution in [0, 0.1) is 0 Å². The Balaban J connectivity index is 1.53. The minimum absolute atomic E-state index is 0.124. The van der Waals surface area contributed by atoms with Gasteiger partial charge < -0.3 is 10.2 Å². The molecule has 154 valence electrons. The number of hydrogen-bond acceptors (Lipinski definition) is 4. The van der Waals surface area contributed by atoms with Crippen molar-refractivity contribution in [2.75, 3.05) is 19.6 Å². The molecule has 7 heteroatoms. The molecule has 0 aliphatic carbocycles. The van der Waals surface area contributed by atoms with E-state index < -0.39 is 0 Å². The van der Waals surface area contributed by atoms with Crippen LogP contribution in [-0.2, 0) is 11.2 Å². The summed E-state index contributed by atoms with van der Waals surface area (Å²) in [7, 11) is 0. The average molecular weight is 476 g/mol. The molecule has 3 rings (SSSR count). The number of hydrogen-bond donors (Lipinski definition) is 1. The topological polar surface area (TPSA) is 62.3 Å². The van der Waals surface area contributed by atoms with Gasteiger partial charge >= 0.3 is 0 Å². The Morgan fingerprint density at radius 2 is 2.03 bits per heavy atom. The Labute approximate surface area is 184 Å². The molecule has 2 heterocycles. The third-order valence-electron chi connectivity index (χ3n) is 4.89. The van der Waals surface area contributed by atoms with E-state index in [1.54, 1.807) is 18.3 Å². The van der Waals surface area contributed by atoms with Crippen LogP contribution in [0.4, 0.5) is 0 Å². The molecule has 1 aromatic heterocycles. The van der Waals surface area contributed by atoms with Crippen LogP contribution in [0.3, 0.4) is 0 Å². The number of nitrogens with one attached hydrogen (secondary N) is 1. The molecule has 2 amide bonds. The lowest BCUT2D eigenvalue weighted by atomic mass is 10.1. The molecule has 1 unspecified atom stereocenters. The summed E-state index contributed by atoms with van der Waals surface area (Å²) in [6, 6.07) is 11.7. The number of amides is 2.